The third-order valence-corrected chi connectivity index (χ3v) is 4.38. The van der Waals surface area contributed by atoms with Gasteiger partial charge in [0.25, 0.3) is 0 Å². The molecule has 0 saturated carbocycles. The Morgan fingerprint density at radius 2 is 1.76 bits per heavy atom. The van der Waals surface area contributed by atoms with E-state index in [9.17, 15) is 14.7 Å². The second-order valence-corrected chi connectivity index (χ2v) is 6.12. The van der Waals surface area contributed by atoms with Crippen molar-refractivity contribution in [2.45, 2.75) is 6.42 Å². The summed E-state index contributed by atoms with van der Waals surface area (Å²) in [5.41, 5.74) is 2.21. The molecule has 6 heteroatoms. The molecule has 25 heavy (non-hydrogen) atoms. The van der Waals surface area contributed by atoms with Gasteiger partial charge in [0, 0.05) is 23.3 Å². The predicted molar refractivity (Wildman–Crippen MR) is 92.5 cm³/mol. The van der Waals surface area contributed by atoms with Crippen LogP contribution in [0.25, 0.3) is 11.1 Å². The number of Topliss-reactive ketones (excluding diaryl/α,β-unsaturated/α-hetero) is 1. The van der Waals surface area contributed by atoms with Gasteiger partial charge in [0.15, 0.2) is 11.6 Å². The molecule has 0 saturated heterocycles. The highest BCUT2D eigenvalue weighted by Crippen LogP contribution is 2.29. The Balaban J connectivity index is 1.71. The highest BCUT2D eigenvalue weighted by Gasteiger charge is 2.14. The van der Waals surface area contributed by atoms with E-state index in [4.69, 9.17) is 4.74 Å². The highest BCUT2D eigenvalue weighted by atomic mass is 32.1. The first-order valence-corrected chi connectivity index (χ1v) is 8.46. The lowest BCUT2D eigenvalue weighted by atomic mass is 10.1. The molecule has 126 valence electrons. The first-order chi connectivity index (χ1) is 12.1. The van der Waals surface area contributed by atoms with Crippen molar-refractivity contribution in [1.82, 2.24) is 4.98 Å². The number of ketones is 1. The van der Waals surface area contributed by atoms with E-state index in [1.165, 1.54) is 0 Å². The molecular formula is C19H14NO4S-. The number of nitrogens with zero attached hydrogens (tertiary/aromatic N) is 1. The van der Waals surface area contributed by atoms with Gasteiger partial charge >= 0.3 is 0 Å². The van der Waals surface area contributed by atoms with Crippen LogP contribution < -0.4 is 9.84 Å². The van der Waals surface area contributed by atoms with Crippen molar-refractivity contribution in [3.8, 4) is 16.9 Å². The number of carboxylic acid groups (broad SMARTS) is 1. The summed E-state index contributed by atoms with van der Waals surface area (Å²) in [6.45, 7) is -0.165. The van der Waals surface area contributed by atoms with Crippen molar-refractivity contribution in [1.29, 1.82) is 0 Å². The number of carbonyl (C=O) groups excluding carboxylic acids is 2. The average molecular weight is 352 g/mol. The van der Waals surface area contributed by atoms with Crippen LogP contribution in [-0.4, -0.2) is 23.3 Å². The summed E-state index contributed by atoms with van der Waals surface area (Å²) in [6, 6.07) is 17.2. The van der Waals surface area contributed by atoms with Crippen LogP contribution in [0.2, 0.25) is 0 Å². The fourth-order valence-corrected chi connectivity index (χ4v) is 3.06. The zero-order valence-electron chi connectivity index (χ0n) is 13.2. The van der Waals surface area contributed by atoms with Gasteiger partial charge in [-0.3, -0.25) is 4.79 Å². The molecule has 0 aliphatic heterocycles. The Morgan fingerprint density at radius 3 is 2.52 bits per heavy atom. The second-order valence-electron chi connectivity index (χ2n) is 5.27. The molecule has 5 nitrogen and oxygen atoms in total. The fraction of sp³-hybridized carbons (Fsp3) is 0.105. The van der Waals surface area contributed by atoms with Crippen LogP contribution in [-0.2, 0) is 11.2 Å². The van der Waals surface area contributed by atoms with Crippen LogP contribution in [0, 0.1) is 0 Å². The molecule has 2 aromatic carbocycles. The van der Waals surface area contributed by atoms with Gasteiger partial charge in [0.2, 0.25) is 5.78 Å². The SMILES string of the molecule is O=C([O-])Cc1csc(C(=O)COc2ccccc2-c2ccccc2)n1. The predicted octanol–water partition coefficient (Wildman–Crippen LogP) is 2.36. The average Bonchev–Trinajstić information content (AvgIpc) is 3.08. The van der Waals surface area contributed by atoms with Crippen molar-refractivity contribution in [3.63, 3.8) is 0 Å². The minimum Gasteiger partial charge on any atom is -0.550 e. The summed E-state index contributed by atoms with van der Waals surface area (Å²) in [6.07, 6.45) is -0.304. The minimum atomic E-state index is -1.22. The third kappa shape index (κ3) is 4.30. The van der Waals surface area contributed by atoms with Crippen molar-refractivity contribution < 1.29 is 19.4 Å². The number of hydrogen-bond donors (Lipinski definition) is 0. The van der Waals surface area contributed by atoms with Gasteiger partial charge in [-0.05, 0) is 11.6 Å². The Bertz CT molecular complexity index is 889. The number of rotatable bonds is 7. The minimum absolute atomic E-state index is 0.165. The van der Waals surface area contributed by atoms with Crippen LogP contribution in [0.4, 0.5) is 0 Å². The number of aromatic nitrogens is 1. The maximum Gasteiger partial charge on any atom is 0.228 e. The Hall–Kier alpha value is -2.99. The Labute approximate surface area is 148 Å². The molecule has 0 radical (unpaired) electrons. The second kappa shape index (κ2) is 7.72. The molecule has 0 spiro atoms. The molecule has 0 amide bonds. The summed E-state index contributed by atoms with van der Waals surface area (Å²) in [5, 5.41) is 12.3. The van der Waals surface area contributed by atoms with E-state index < -0.39 is 5.97 Å². The highest BCUT2D eigenvalue weighted by molar-refractivity contribution is 7.11. The smallest absolute Gasteiger partial charge is 0.228 e. The fourth-order valence-electron chi connectivity index (χ4n) is 2.32. The number of aliphatic carboxylic acids is 1. The number of hydrogen-bond acceptors (Lipinski definition) is 6. The first kappa shape index (κ1) is 16.9. The van der Waals surface area contributed by atoms with Gasteiger partial charge in [-0.2, -0.15) is 0 Å². The standard InChI is InChI=1S/C19H15NO4S/c21-16(19-20-14(12-25-19)10-18(22)23)11-24-17-9-5-4-8-15(17)13-6-2-1-3-7-13/h1-9,12H,10-11H2,(H,22,23)/p-1. The van der Waals surface area contributed by atoms with Crippen LogP contribution in [0.15, 0.2) is 60.0 Å². The first-order valence-electron chi connectivity index (χ1n) is 7.58. The zero-order chi connectivity index (χ0) is 17.6. The molecule has 1 heterocycles. The summed E-state index contributed by atoms with van der Waals surface area (Å²) in [4.78, 5) is 26.8. The van der Waals surface area contributed by atoms with E-state index in [1.807, 2.05) is 48.5 Å². The molecule has 0 unspecified atom stereocenters. The number of carboxylic acids is 1. The van der Waals surface area contributed by atoms with E-state index >= 15 is 0 Å². The van der Waals surface area contributed by atoms with Crippen molar-refractivity contribution >= 4 is 23.1 Å². The molecule has 1 aromatic heterocycles. The largest absolute Gasteiger partial charge is 0.550 e. The summed E-state index contributed by atoms with van der Waals surface area (Å²) < 4.78 is 5.69. The number of thiazole rings is 1. The molecule has 0 N–H and O–H groups in total. The summed E-state index contributed by atoms with van der Waals surface area (Å²) in [7, 11) is 0. The van der Waals surface area contributed by atoms with Gasteiger partial charge in [-0.1, -0.05) is 48.5 Å². The number of carbonyl (C=O) groups is 2. The molecule has 0 aliphatic rings. The Morgan fingerprint density at radius 1 is 1.04 bits per heavy atom. The number of ether oxygens (including phenoxy) is 1. The van der Waals surface area contributed by atoms with Crippen LogP contribution >= 0.6 is 11.3 Å². The molecule has 0 bridgehead atoms. The Kier molecular flexibility index (Phi) is 5.20. The van der Waals surface area contributed by atoms with Crippen molar-refractivity contribution in [3.05, 3.63) is 70.7 Å². The van der Waals surface area contributed by atoms with E-state index in [1.54, 1.807) is 11.4 Å². The molecule has 0 fully saturated rings. The van der Waals surface area contributed by atoms with Crippen LogP contribution in [0.3, 0.4) is 0 Å². The monoisotopic (exact) mass is 352 g/mol. The zero-order valence-corrected chi connectivity index (χ0v) is 14.0. The number of para-hydroxylation sites is 1. The van der Waals surface area contributed by atoms with Crippen LogP contribution in [0.5, 0.6) is 5.75 Å². The summed E-state index contributed by atoms with van der Waals surface area (Å²) >= 11 is 1.10. The lowest BCUT2D eigenvalue weighted by Crippen LogP contribution is -2.24. The third-order valence-electron chi connectivity index (χ3n) is 3.45. The summed E-state index contributed by atoms with van der Waals surface area (Å²) in [5.74, 6) is -0.914. The number of benzene rings is 2. The van der Waals surface area contributed by atoms with E-state index in [-0.39, 0.29) is 23.8 Å². The normalized spacial score (nSPS) is 10.4. The van der Waals surface area contributed by atoms with E-state index in [2.05, 4.69) is 4.98 Å². The van der Waals surface area contributed by atoms with Gasteiger partial charge < -0.3 is 14.6 Å². The van der Waals surface area contributed by atoms with Gasteiger partial charge in [-0.25, -0.2) is 4.98 Å². The van der Waals surface area contributed by atoms with Gasteiger partial charge in [0.1, 0.15) is 5.75 Å². The van der Waals surface area contributed by atoms with Crippen molar-refractivity contribution in [2.75, 3.05) is 6.61 Å². The quantitative estimate of drug-likeness (QED) is 0.610. The maximum atomic E-state index is 12.2. The molecular weight excluding hydrogens is 338 g/mol. The van der Waals surface area contributed by atoms with Crippen molar-refractivity contribution in [2.24, 2.45) is 0 Å². The van der Waals surface area contributed by atoms with Gasteiger partial charge in [-0.15, -0.1) is 11.3 Å². The van der Waals surface area contributed by atoms with Crippen LogP contribution in [0.1, 0.15) is 15.5 Å². The van der Waals surface area contributed by atoms with E-state index in [0.29, 0.717) is 11.4 Å². The lowest BCUT2D eigenvalue weighted by Gasteiger charge is -2.10. The molecule has 0 atom stereocenters. The molecule has 3 rings (SSSR count). The van der Waals surface area contributed by atoms with Gasteiger partial charge in [0.05, 0.1) is 5.69 Å². The molecule has 3 aromatic rings. The molecule has 0 aliphatic carbocycles. The van der Waals surface area contributed by atoms with E-state index in [0.717, 1.165) is 22.5 Å². The topological polar surface area (TPSA) is 79.3 Å². The lowest BCUT2D eigenvalue weighted by molar-refractivity contribution is -0.304. The maximum absolute atomic E-state index is 12.2.